The molecule has 2 atom stereocenters. The molecule has 1 aliphatic heterocycles. The van der Waals surface area contributed by atoms with Gasteiger partial charge in [-0.1, -0.05) is 132 Å². The summed E-state index contributed by atoms with van der Waals surface area (Å²) in [6, 6.07) is 42.7. The molecule has 0 aromatic heterocycles. The summed E-state index contributed by atoms with van der Waals surface area (Å²) < 4.78 is 12.4. The van der Waals surface area contributed by atoms with Crippen molar-refractivity contribution in [1.29, 1.82) is 0 Å². The van der Waals surface area contributed by atoms with E-state index in [1.165, 1.54) is 0 Å². The Morgan fingerprint density at radius 1 is 0.880 bits per heavy atom. The Morgan fingerprint density at radius 3 is 2.14 bits per heavy atom. The molecule has 50 heavy (non-hydrogen) atoms. The van der Waals surface area contributed by atoms with Crippen molar-refractivity contribution in [2.75, 3.05) is 19.8 Å². The first-order valence-corrected chi connectivity index (χ1v) is 17.4. The van der Waals surface area contributed by atoms with Crippen LogP contribution in [0.2, 0.25) is 10.0 Å². The zero-order valence-corrected chi connectivity index (χ0v) is 28.9. The number of hydrogen-bond acceptors (Lipinski definition) is 5. The first kappa shape index (κ1) is 35.0. The Balaban J connectivity index is 1.40. The van der Waals surface area contributed by atoms with E-state index in [-0.39, 0.29) is 24.9 Å². The molecule has 2 N–H and O–H groups in total. The van der Waals surface area contributed by atoms with E-state index in [1.54, 1.807) is 18.2 Å². The smallest absolute Gasteiger partial charge is 0.252 e. The lowest BCUT2D eigenvalue weighted by Crippen LogP contribution is -2.49. The number of aliphatic imine (C=N–C) groups is 1. The minimum atomic E-state index is -1.42. The van der Waals surface area contributed by atoms with E-state index in [0.717, 1.165) is 16.7 Å². The largest absolute Gasteiger partial charge is 0.494 e. The van der Waals surface area contributed by atoms with Gasteiger partial charge in [-0.25, -0.2) is 4.99 Å². The number of aliphatic hydroxyl groups is 1. The molecule has 6 rings (SSSR count). The summed E-state index contributed by atoms with van der Waals surface area (Å²) in [5, 5.41) is 13.3. The fourth-order valence-corrected chi connectivity index (χ4v) is 6.60. The van der Waals surface area contributed by atoms with E-state index in [9.17, 15) is 4.79 Å². The summed E-state index contributed by atoms with van der Waals surface area (Å²) in [4.78, 5) is 20.0. The number of carbonyl (C=O) groups excluding carboxylic acids is 1. The maximum Gasteiger partial charge on any atom is 0.252 e. The Kier molecular flexibility index (Phi) is 11.7. The summed E-state index contributed by atoms with van der Waals surface area (Å²) in [7, 11) is 0. The van der Waals surface area contributed by atoms with Crippen LogP contribution in [0.3, 0.4) is 0 Å². The number of benzene rings is 5. The standard InChI is InChI=1S/C42H38Cl2N2O4/c43-34-21-24-36(38(44)28-34)39-42(25-10-14-30-12-4-1-5-13-30,46-40(50-39)33-19-22-35(23-20-33)49-27-11-26-47)41(48)45-29-37(31-15-6-2-7-16-31)32-17-8-3-9-18-32/h1-10,12-24,28,37,39,47H,11,25-27,29H2,(H,45,48)/b14-10+/t39-,42-/m1/s1. The van der Waals surface area contributed by atoms with Crippen molar-refractivity contribution in [3.8, 4) is 5.75 Å². The van der Waals surface area contributed by atoms with E-state index in [0.29, 0.717) is 52.4 Å². The molecule has 0 fully saturated rings. The van der Waals surface area contributed by atoms with Crippen LogP contribution in [0.5, 0.6) is 5.75 Å². The number of nitrogens with one attached hydrogen (secondary N) is 1. The van der Waals surface area contributed by atoms with Gasteiger partial charge in [-0.2, -0.15) is 0 Å². The molecule has 1 amide bonds. The number of aliphatic hydroxyl groups excluding tert-OH is 1. The number of nitrogens with zero attached hydrogens (tertiary/aromatic N) is 1. The van der Waals surface area contributed by atoms with Gasteiger partial charge in [0, 0.05) is 53.1 Å². The number of carbonyl (C=O) groups is 1. The first-order chi connectivity index (χ1) is 24.5. The number of halogens is 2. The molecule has 5 aromatic carbocycles. The predicted octanol–water partition coefficient (Wildman–Crippen LogP) is 9.06. The van der Waals surface area contributed by atoms with Crippen LogP contribution in [0.25, 0.3) is 6.08 Å². The molecule has 0 unspecified atom stereocenters. The van der Waals surface area contributed by atoms with Crippen molar-refractivity contribution in [2.45, 2.75) is 30.4 Å². The molecule has 1 heterocycles. The molecule has 0 saturated heterocycles. The maximum atomic E-state index is 14.9. The summed E-state index contributed by atoms with van der Waals surface area (Å²) in [5.41, 5.74) is 3.03. The molecule has 0 aliphatic carbocycles. The maximum absolute atomic E-state index is 14.9. The highest BCUT2D eigenvalue weighted by molar-refractivity contribution is 6.35. The van der Waals surface area contributed by atoms with E-state index in [2.05, 4.69) is 29.6 Å². The quantitative estimate of drug-likeness (QED) is 0.113. The second kappa shape index (κ2) is 16.7. The van der Waals surface area contributed by atoms with Crippen molar-refractivity contribution in [3.05, 3.63) is 177 Å². The lowest BCUT2D eigenvalue weighted by Gasteiger charge is -2.31. The van der Waals surface area contributed by atoms with Gasteiger partial charge in [-0.3, -0.25) is 4.79 Å². The fraction of sp³-hybridized carbons (Fsp3) is 0.190. The van der Waals surface area contributed by atoms with Gasteiger partial charge in [0.25, 0.3) is 5.91 Å². The molecular formula is C42H38Cl2N2O4. The molecule has 8 heteroatoms. The van der Waals surface area contributed by atoms with Gasteiger partial charge in [-0.15, -0.1) is 0 Å². The Labute approximate surface area is 303 Å². The number of hydrogen-bond donors (Lipinski definition) is 2. The third kappa shape index (κ3) is 8.28. The van der Waals surface area contributed by atoms with Crippen molar-refractivity contribution in [2.24, 2.45) is 4.99 Å². The lowest BCUT2D eigenvalue weighted by molar-refractivity contribution is -0.128. The van der Waals surface area contributed by atoms with Gasteiger partial charge in [0.1, 0.15) is 5.75 Å². The van der Waals surface area contributed by atoms with E-state index in [4.69, 9.17) is 42.8 Å². The van der Waals surface area contributed by atoms with Crippen LogP contribution >= 0.6 is 23.2 Å². The Morgan fingerprint density at radius 2 is 1.52 bits per heavy atom. The average molecular weight is 706 g/mol. The van der Waals surface area contributed by atoms with Crippen LogP contribution in [0.4, 0.5) is 0 Å². The van der Waals surface area contributed by atoms with Crippen LogP contribution in [-0.4, -0.2) is 42.2 Å². The van der Waals surface area contributed by atoms with E-state index >= 15 is 0 Å². The van der Waals surface area contributed by atoms with Crippen molar-refractivity contribution >= 4 is 41.1 Å². The van der Waals surface area contributed by atoms with Crippen molar-refractivity contribution in [3.63, 3.8) is 0 Å². The average Bonchev–Trinajstić information content (AvgIpc) is 3.53. The molecule has 0 saturated carbocycles. The van der Waals surface area contributed by atoms with Crippen LogP contribution in [-0.2, 0) is 9.53 Å². The highest BCUT2D eigenvalue weighted by Crippen LogP contribution is 2.45. The summed E-state index contributed by atoms with van der Waals surface area (Å²) in [5.74, 6) is 0.580. The van der Waals surface area contributed by atoms with Crippen molar-refractivity contribution in [1.82, 2.24) is 5.32 Å². The molecule has 1 aliphatic rings. The minimum Gasteiger partial charge on any atom is -0.494 e. The third-order valence-corrected chi connectivity index (χ3v) is 9.25. The normalized spacial score (nSPS) is 17.0. The Hall–Kier alpha value is -4.88. The number of rotatable bonds is 14. The predicted molar refractivity (Wildman–Crippen MR) is 201 cm³/mol. The summed E-state index contributed by atoms with van der Waals surface area (Å²) in [6.45, 7) is 0.787. The summed E-state index contributed by atoms with van der Waals surface area (Å²) >= 11 is 13.2. The monoisotopic (exact) mass is 704 g/mol. The minimum absolute atomic E-state index is 0.0533. The highest BCUT2D eigenvalue weighted by atomic mass is 35.5. The molecular weight excluding hydrogens is 667 g/mol. The molecule has 0 radical (unpaired) electrons. The zero-order chi connectivity index (χ0) is 34.8. The number of ether oxygens (including phenoxy) is 2. The molecule has 0 spiro atoms. The molecule has 254 valence electrons. The lowest BCUT2D eigenvalue weighted by atomic mass is 9.83. The van der Waals surface area contributed by atoms with E-state index in [1.807, 2.05) is 103 Å². The van der Waals surface area contributed by atoms with Gasteiger partial charge >= 0.3 is 0 Å². The van der Waals surface area contributed by atoms with E-state index < -0.39 is 11.6 Å². The summed E-state index contributed by atoms with van der Waals surface area (Å²) in [6.07, 6.45) is 3.84. The molecule has 6 nitrogen and oxygen atoms in total. The third-order valence-electron chi connectivity index (χ3n) is 8.68. The first-order valence-electron chi connectivity index (χ1n) is 16.6. The van der Waals surface area contributed by atoms with Crippen LogP contribution in [0, 0.1) is 0 Å². The van der Waals surface area contributed by atoms with Gasteiger partial charge in [0.2, 0.25) is 5.90 Å². The second-order valence-corrected chi connectivity index (χ2v) is 12.9. The van der Waals surface area contributed by atoms with Crippen molar-refractivity contribution < 1.29 is 19.4 Å². The number of amides is 1. The van der Waals surface area contributed by atoms with Gasteiger partial charge in [-0.05, 0) is 53.1 Å². The Bertz CT molecular complexity index is 1880. The molecule has 0 bridgehead atoms. The fourth-order valence-electron chi connectivity index (χ4n) is 6.09. The van der Waals surface area contributed by atoms with Gasteiger partial charge in [0.15, 0.2) is 11.6 Å². The van der Waals surface area contributed by atoms with Gasteiger partial charge in [0.05, 0.1) is 6.61 Å². The van der Waals surface area contributed by atoms with Crippen LogP contribution in [0.15, 0.2) is 145 Å². The van der Waals surface area contributed by atoms with Crippen LogP contribution in [0.1, 0.15) is 52.7 Å². The SMILES string of the molecule is O=C(NCC(c1ccccc1)c1ccccc1)[C@]1(C/C=C/c2ccccc2)N=C(c2ccc(OCCCO)cc2)O[C@@H]1c1ccc(Cl)cc1Cl. The van der Waals surface area contributed by atoms with Gasteiger partial charge < -0.3 is 19.9 Å². The van der Waals surface area contributed by atoms with Crippen LogP contribution < -0.4 is 10.1 Å². The topological polar surface area (TPSA) is 80.2 Å². The highest BCUT2D eigenvalue weighted by Gasteiger charge is 2.53. The zero-order valence-electron chi connectivity index (χ0n) is 27.4. The second-order valence-electron chi connectivity index (χ2n) is 12.1. The molecule has 5 aromatic rings.